The summed E-state index contributed by atoms with van der Waals surface area (Å²) in [6.45, 7) is 4.39. The fraction of sp³-hybridized carbons (Fsp3) is 0.615. The predicted molar refractivity (Wildman–Crippen MR) is 142 cm³/mol. The minimum absolute atomic E-state index is 0.228. The number of carboxylic acids is 1. The fourth-order valence-corrected chi connectivity index (χ4v) is 3.80. The molecule has 0 aliphatic rings. The van der Waals surface area contributed by atoms with Crippen molar-refractivity contribution in [2.24, 2.45) is 23.1 Å². The number of amides is 3. The molecule has 4 atom stereocenters. The normalized spacial score (nSPS) is 14.3. The van der Waals surface area contributed by atoms with Crippen LogP contribution in [0.2, 0.25) is 0 Å². The third kappa shape index (κ3) is 12.2. The maximum absolute atomic E-state index is 13.2. The van der Waals surface area contributed by atoms with Crippen LogP contribution < -0.4 is 33.2 Å². The number of unbranched alkanes of at least 4 members (excludes halogenated alkanes) is 2. The number of carbonyl (C=O) groups is 4. The Morgan fingerprint density at radius 2 is 1.32 bits per heavy atom. The Balaban J connectivity index is 2.89. The number of rotatable bonds is 18. The molecule has 0 saturated heterocycles. The van der Waals surface area contributed by atoms with Gasteiger partial charge in [0.25, 0.3) is 0 Å². The molecule has 0 saturated carbocycles. The molecule has 10 N–H and O–H groups in total. The fourth-order valence-electron chi connectivity index (χ4n) is 3.80. The second-order valence-electron chi connectivity index (χ2n) is 9.56. The Kier molecular flexibility index (Phi) is 15.1. The van der Waals surface area contributed by atoms with E-state index in [2.05, 4.69) is 16.0 Å². The van der Waals surface area contributed by atoms with E-state index >= 15 is 0 Å². The van der Waals surface area contributed by atoms with Crippen LogP contribution in [0.1, 0.15) is 57.9 Å². The Morgan fingerprint density at radius 3 is 1.84 bits per heavy atom. The van der Waals surface area contributed by atoms with E-state index in [1.165, 1.54) is 0 Å². The average molecular weight is 521 g/mol. The summed E-state index contributed by atoms with van der Waals surface area (Å²) in [5.74, 6) is -3.06. The molecule has 37 heavy (non-hydrogen) atoms. The number of carbonyl (C=O) groups excluding carboxylic acids is 3. The summed E-state index contributed by atoms with van der Waals surface area (Å²) >= 11 is 0. The number of nitrogens with two attached hydrogens (primary N) is 3. The van der Waals surface area contributed by atoms with Crippen molar-refractivity contribution in [3.05, 3.63) is 35.9 Å². The quantitative estimate of drug-likeness (QED) is 0.131. The Labute approximate surface area is 219 Å². The van der Waals surface area contributed by atoms with E-state index in [-0.39, 0.29) is 18.8 Å². The van der Waals surface area contributed by atoms with Gasteiger partial charge in [0.15, 0.2) is 0 Å². The molecule has 4 unspecified atom stereocenters. The molecule has 0 spiro atoms. The highest BCUT2D eigenvalue weighted by atomic mass is 16.4. The standard InChI is InChI=1S/C26H44N6O5/c1-17(2)22(32-23(33)19(29)16-18-10-4-3-5-11-18)25(35)30-20(12-6-8-14-27)24(34)31-21(26(36)37)13-7-9-15-28/h3-5,10-11,17,19-22H,6-9,12-16,27-29H2,1-2H3,(H,30,35)(H,31,34)(H,32,33)(H,36,37). The molecule has 0 aromatic heterocycles. The first-order valence-electron chi connectivity index (χ1n) is 12.9. The number of benzene rings is 1. The van der Waals surface area contributed by atoms with Crippen molar-refractivity contribution >= 4 is 23.7 Å². The molecule has 11 nitrogen and oxygen atoms in total. The van der Waals surface area contributed by atoms with Crippen LogP contribution in [-0.2, 0) is 25.6 Å². The predicted octanol–water partition coefficient (Wildman–Crippen LogP) is 0.00940. The zero-order chi connectivity index (χ0) is 27.8. The van der Waals surface area contributed by atoms with Crippen LogP contribution in [0.15, 0.2) is 30.3 Å². The third-order valence-corrected chi connectivity index (χ3v) is 6.02. The minimum Gasteiger partial charge on any atom is -0.480 e. The summed E-state index contributed by atoms with van der Waals surface area (Å²) < 4.78 is 0. The maximum Gasteiger partial charge on any atom is 0.326 e. The first-order chi connectivity index (χ1) is 17.6. The summed E-state index contributed by atoms with van der Waals surface area (Å²) in [4.78, 5) is 50.6. The SMILES string of the molecule is CC(C)C(NC(=O)C(N)Cc1ccccc1)C(=O)NC(CCCCN)C(=O)NC(CCCCN)C(=O)O. The van der Waals surface area contributed by atoms with Gasteiger partial charge < -0.3 is 38.3 Å². The summed E-state index contributed by atoms with van der Waals surface area (Å²) in [6, 6.07) is 5.45. The smallest absolute Gasteiger partial charge is 0.326 e. The van der Waals surface area contributed by atoms with Crippen molar-refractivity contribution in [3.63, 3.8) is 0 Å². The van der Waals surface area contributed by atoms with Crippen molar-refractivity contribution in [2.75, 3.05) is 13.1 Å². The highest BCUT2D eigenvalue weighted by molar-refractivity contribution is 5.94. The number of aliphatic carboxylic acids is 1. The highest BCUT2D eigenvalue weighted by Gasteiger charge is 2.31. The molecule has 0 radical (unpaired) electrons. The van der Waals surface area contributed by atoms with Crippen LogP contribution in [0.4, 0.5) is 0 Å². The van der Waals surface area contributed by atoms with Crippen molar-refractivity contribution in [2.45, 2.75) is 83.0 Å². The molecule has 0 bridgehead atoms. The van der Waals surface area contributed by atoms with Gasteiger partial charge in [0, 0.05) is 0 Å². The zero-order valence-electron chi connectivity index (χ0n) is 21.9. The van der Waals surface area contributed by atoms with Gasteiger partial charge >= 0.3 is 5.97 Å². The van der Waals surface area contributed by atoms with Gasteiger partial charge in [-0.15, -0.1) is 0 Å². The minimum atomic E-state index is -1.16. The van der Waals surface area contributed by atoms with E-state index in [1.807, 2.05) is 30.3 Å². The third-order valence-electron chi connectivity index (χ3n) is 6.02. The molecular weight excluding hydrogens is 476 g/mol. The van der Waals surface area contributed by atoms with Gasteiger partial charge in [-0.1, -0.05) is 44.2 Å². The lowest BCUT2D eigenvalue weighted by Gasteiger charge is -2.27. The van der Waals surface area contributed by atoms with Gasteiger partial charge in [-0.05, 0) is 69.5 Å². The lowest BCUT2D eigenvalue weighted by molar-refractivity contribution is -0.142. The number of carboxylic acid groups (broad SMARTS) is 1. The van der Waals surface area contributed by atoms with Crippen molar-refractivity contribution in [1.82, 2.24) is 16.0 Å². The first kappa shape index (κ1) is 32.0. The molecule has 1 aromatic rings. The van der Waals surface area contributed by atoms with E-state index in [1.54, 1.807) is 13.8 Å². The van der Waals surface area contributed by atoms with E-state index in [0.29, 0.717) is 45.2 Å². The highest BCUT2D eigenvalue weighted by Crippen LogP contribution is 2.09. The van der Waals surface area contributed by atoms with Gasteiger partial charge in [0.1, 0.15) is 18.1 Å². The maximum atomic E-state index is 13.2. The summed E-state index contributed by atoms with van der Waals surface area (Å²) in [6.07, 6.45) is 3.19. The Hall–Kier alpha value is -3.02. The molecule has 208 valence electrons. The van der Waals surface area contributed by atoms with Crippen molar-refractivity contribution in [1.29, 1.82) is 0 Å². The zero-order valence-corrected chi connectivity index (χ0v) is 21.9. The second kappa shape index (κ2) is 17.4. The van der Waals surface area contributed by atoms with Crippen LogP contribution in [-0.4, -0.2) is 66.1 Å². The van der Waals surface area contributed by atoms with Gasteiger partial charge in [-0.3, -0.25) is 14.4 Å². The van der Waals surface area contributed by atoms with Crippen LogP contribution in [0.3, 0.4) is 0 Å². The molecule has 0 aliphatic heterocycles. The van der Waals surface area contributed by atoms with Gasteiger partial charge in [-0.25, -0.2) is 4.79 Å². The van der Waals surface area contributed by atoms with E-state index < -0.39 is 47.9 Å². The van der Waals surface area contributed by atoms with Crippen LogP contribution >= 0.6 is 0 Å². The van der Waals surface area contributed by atoms with Crippen molar-refractivity contribution < 1.29 is 24.3 Å². The van der Waals surface area contributed by atoms with Crippen LogP contribution in [0.25, 0.3) is 0 Å². The summed E-state index contributed by atoms with van der Waals surface area (Å²) in [7, 11) is 0. The largest absolute Gasteiger partial charge is 0.480 e. The number of hydrogen-bond donors (Lipinski definition) is 7. The van der Waals surface area contributed by atoms with Gasteiger partial charge in [0.2, 0.25) is 17.7 Å². The monoisotopic (exact) mass is 520 g/mol. The lowest BCUT2D eigenvalue weighted by Crippen LogP contribution is -2.58. The summed E-state index contributed by atoms with van der Waals surface area (Å²) in [5, 5.41) is 17.4. The molecule has 0 aliphatic carbocycles. The topological polar surface area (TPSA) is 203 Å². The Morgan fingerprint density at radius 1 is 0.784 bits per heavy atom. The first-order valence-corrected chi connectivity index (χ1v) is 12.9. The molecular formula is C26H44N6O5. The lowest BCUT2D eigenvalue weighted by atomic mass is 10.00. The summed E-state index contributed by atoms with van der Waals surface area (Å²) in [5.41, 5.74) is 18.0. The molecule has 1 aromatic carbocycles. The van der Waals surface area contributed by atoms with Gasteiger partial charge in [0.05, 0.1) is 6.04 Å². The Bertz CT molecular complexity index is 851. The second-order valence-corrected chi connectivity index (χ2v) is 9.56. The van der Waals surface area contributed by atoms with E-state index in [0.717, 1.165) is 5.56 Å². The number of hydrogen-bond acceptors (Lipinski definition) is 7. The van der Waals surface area contributed by atoms with Crippen LogP contribution in [0.5, 0.6) is 0 Å². The molecule has 0 fully saturated rings. The van der Waals surface area contributed by atoms with E-state index in [9.17, 15) is 24.3 Å². The van der Waals surface area contributed by atoms with E-state index in [4.69, 9.17) is 17.2 Å². The van der Waals surface area contributed by atoms with Crippen LogP contribution in [0, 0.1) is 5.92 Å². The number of nitrogens with one attached hydrogen (secondary N) is 3. The van der Waals surface area contributed by atoms with Gasteiger partial charge in [-0.2, -0.15) is 0 Å². The molecule has 0 heterocycles. The van der Waals surface area contributed by atoms with Crippen molar-refractivity contribution in [3.8, 4) is 0 Å². The molecule has 1 rings (SSSR count). The average Bonchev–Trinajstić information content (AvgIpc) is 2.86. The molecule has 3 amide bonds. The molecule has 11 heteroatoms.